The van der Waals surface area contributed by atoms with Crippen molar-refractivity contribution in [3.8, 4) is 0 Å². The van der Waals surface area contributed by atoms with E-state index in [0.717, 1.165) is 18.7 Å². The van der Waals surface area contributed by atoms with Gasteiger partial charge in [0.05, 0.1) is 5.01 Å². The predicted molar refractivity (Wildman–Crippen MR) is 85.4 cm³/mol. The highest BCUT2D eigenvalue weighted by Gasteiger charge is 2.23. The average molecular weight is 286 g/mol. The van der Waals surface area contributed by atoms with Gasteiger partial charge < -0.3 is 5.32 Å². The Morgan fingerprint density at radius 3 is 2.80 bits per heavy atom. The van der Waals surface area contributed by atoms with Gasteiger partial charge in [-0.15, -0.1) is 11.3 Å². The van der Waals surface area contributed by atoms with Crippen molar-refractivity contribution in [3.05, 3.63) is 51.5 Å². The zero-order valence-corrected chi connectivity index (χ0v) is 13.0. The Labute approximate surface area is 125 Å². The molecule has 1 aliphatic rings. The van der Waals surface area contributed by atoms with E-state index in [1.54, 1.807) is 11.3 Å². The number of aryl methyl sites for hydroxylation is 1. The van der Waals surface area contributed by atoms with Crippen molar-refractivity contribution < 1.29 is 0 Å². The molecule has 0 amide bonds. The molecule has 2 unspecified atom stereocenters. The molecule has 1 aromatic carbocycles. The zero-order valence-electron chi connectivity index (χ0n) is 12.2. The molecular weight excluding hydrogens is 264 g/mol. The molecule has 2 atom stereocenters. The highest BCUT2D eigenvalue weighted by molar-refractivity contribution is 7.09. The lowest BCUT2D eigenvalue weighted by atomic mass is 9.81. The number of benzene rings is 1. The van der Waals surface area contributed by atoms with Crippen molar-refractivity contribution >= 4 is 11.3 Å². The smallest absolute Gasteiger partial charge is 0.0940 e. The van der Waals surface area contributed by atoms with Crippen LogP contribution in [0, 0.1) is 6.92 Å². The Balaban J connectivity index is 1.62. The molecular formula is C17H22N2S. The fraction of sp³-hybridized carbons (Fsp3) is 0.471. The molecule has 0 fully saturated rings. The van der Waals surface area contributed by atoms with Gasteiger partial charge in [-0.2, -0.15) is 0 Å². The van der Waals surface area contributed by atoms with E-state index in [1.165, 1.54) is 29.0 Å². The van der Waals surface area contributed by atoms with Gasteiger partial charge in [-0.25, -0.2) is 4.98 Å². The molecule has 2 aromatic rings. The lowest BCUT2D eigenvalue weighted by Gasteiger charge is -2.30. The summed E-state index contributed by atoms with van der Waals surface area (Å²) in [6.45, 7) is 5.42. The average Bonchev–Trinajstić information content (AvgIpc) is 2.87. The van der Waals surface area contributed by atoms with Crippen LogP contribution in [0.1, 0.15) is 53.6 Å². The van der Waals surface area contributed by atoms with Gasteiger partial charge in [0.2, 0.25) is 0 Å². The van der Waals surface area contributed by atoms with Gasteiger partial charge in [0.15, 0.2) is 0 Å². The van der Waals surface area contributed by atoms with Crippen molar-refractivity contribution in [1.82, 2.24) is 10.3 Å². The summed E-state index contributed by atoms with van der Waals surface area (Å²) in [5.41, 5.74) is 4.17. The normalized spacial score (nSPS) is 21.7. The number of aromatic nitrogens is 1. The fourth-order valence-corrected chi connectivity index (χ4v) is 3.86. The molecule has 2 nitrogen and oxygen atoms in total. The van der Waals surface area contributed by atoms with Gasteiger partial charge in [0, 0.05) is 30.1 Å². The van der Waals surface area contributed by atoms with Crippen molar-refractivity contribution in [1.29, 1.82) is 0 Å². The fourth-order valence-electron chi connectivity index (χ4n) is 3.09. The maximum absolute atomic E-state index is 4.53. The van der Waals surface area contributed by atoms with E-state index < -0.39 is 0 Å². The minimum Gasteiger partial charge on any atom is -0.310 e. The molecule has 20 heavy (non-hydrogen) atoms. The third-order valence-corrected chi connectivity index (χ3v) is 5.21. The van der Waals surface area contributed by atoms with Crippen LogP contribution < -0.4 is 5.32 Å². The molecule has 0 saturated heterocycles. The van der Waals surface area contributed by atoms with Crippen molar-refractivity contribution in [2.75, 3.05) is 6.54 Å². The Hall–Kier alpha value is -1.19. The van der Waals surface area contributed by atoms with Crippen LogP contribution in [0.5, 0.6) is 0 Å². The number of hydrogen-bond acceptors (Lipinski definition) is 3. The van der Waals surface area contributed by atoms with Crippen molar-refractivity contribution in [2.24, 2.45) is 0 Å². The van der Waals surface area contributed by atoms with Crippen LogP contribution >= 0.6 is 11.3 Å². The third-order valence-electron chi connectivity index (χ3n) is 4.19. The van der Waals surface area contributed by atoms with Crippen LogP contribution in [0.3, 0.4) is 0 Å². The molecule has 0 radical (unpaired) electrons. The molecule has 0 bridgehead atoms. The van der Waals surface area contributed by atoms with Crippen molar-refractivity contribution in [2.45, 2.75) is 45.1 Å². The Morgan fingerprint density at radius 1 is 1.25 bits per heavy atom. The topological polar surface area (TPSA) is 24.9 Å². The van der Waals surface area contributed by atoms with E-state index in [0.29, 0.717) is 12.0 Å². The van der Waals surface area contributed by atoms with Gasteiger partial charge in [-0.3, -0.25) is 0 Å². The first-order chi connectivity index (χ1) is 9.74. The predicted octanol–water partition coefficient (Wildman–Crippen LogP) is 4.22. The standard InChI is InChI=1S/C17H22N2S/c1-12-7-8-16(15-6-4-3-5-14(12)15)18-10-9-17-19-13(2)11-20-17/h3-6,11-12,16,18H,7-10H2,1-2H3. The van der Waals surface area contributed by atoms with Crippen molar-refractivity contribution in [3.63, 3.8) is 0 Å². The molecule has 1 N–H and O–H groups in total. The highest BCUT2D eigenvalue weighted by atomic mass is 32.1. The van der Waals surface area contributed by atoms with E-state index in [9.17, 15) is 0 Å². The summed E-state index contributed by atoms with van der Waals surface area (Å²) in [6.07, 6.45) is 3.56. The summed E-state index contributed by atoms with van der Waals surface area (Å²) in [5.74, 6) is 0.700. The van der Waals surface area contributed by atoms with E-state index >= 15 is 0 Å². The monoisotopic (exact) mass is 286 g/mol. The van der Waals surface area contributed by atoms with Crippen LogP contribution in [0.4, 0.5) is 0 Å². The van der Waals surface area contributed by atoms with E-state index in [1.807, 2.05) is 0 Å². The molecule has 0 aliphatic heterocycles. The summed E-state index contributed by atoms with van der Waals surface area (Å²) in [6, 6.07) is 9.42. The maximum atomic E-state index is 4.53. The summed E-state index contributed by atoms with van der Waals surface area (Å²) < 4.78 is 0. The molecule has 1 heterocycles. The first-order valence-electron chi connectivity index (χ1n) is 7.47. The molecule has 3 rings (SSSR count). The molecule has 106 valence electrons. The van der Waals surface area contributed by atoms with Crippen LogP contribution in [0.25, 0.3) is 0 Å². The number of hydrogen-bond donors (Lipinski definition) is 1. The van der Waals surface area contributed by atoms with Gasteiger partial charge in [-0.1, -0.05) is 31.2 Å². The van der Waals surface area contributed by atoms with Gasteiger partial charge in [-0.05, 0) is 36.8 Å². The Kier molecular flexibility index (Phi) is 4.18. The number of thiazole rings is 1. The first-order valence-corrected chi connectivity index (χ1v) is 8.35. The maximum Gasteiger partial charge on any atom is 0.0940 e. The summed E-state index contributed by atoms with van der Waals surface area (Å²) in [4.78, 5) is 4.53. The van der Waals surface area contributed by atoms with E-state index in [4.69, 9.17) is 0 Å². The second-order valence-electron chi connectivity index (χ2n) is 5.75. The van der Waals surface area contributed by atoms with Gasteiger partial charge in [0.1, 0.15) is 0 Å². The highest BCUT2D eigenvalue weighted by Crippen LogP contribution is 2.36. The van der Waals surface area contributed by atoms with E-state index in [2.05, 4.69) is 53.8 Å². The van der Waals surface area contributed by atoms with Crippen LogP contribution in [0.15, 0.2) is 29.6 Å². The number of nitrogens with one attached hydrogen (secondary N) is 1. The van der Waals surface area contributed by atoms with Gasteiger partial charge >= 0.3 is 0 Å². The van der Waals surface area contributed by atoms with Gasteiger partial charge in [0.25, 0.3) is 0 Å². The zero-order chi connectivity index (χ0) is 13.9. The van der Waals surface area contributed by atoms with Crippen LogP contribution in [0.2, 0.25) is 0 Å². The quantitative estimate of drug-likeness (QED) is 0.910. The number of nitrogens with zero attached hydrogens (tertiary/aromatic N) is 1. The molecule has 1 aromatic heterocycles. The lowest BCUT2D eigenvalue weighted by molar-refractivity contribution is 0.434. The molecule has 1 aliphatic carbocycles. The van der Waals surface area contributed by atoms with Crippen LogP contribution in [-0.4, -0.2) is 11.5 Å². The number of fused-ring (bicyclic) bond motifs is 1. The molecule has 0 saturated carbocycles. The molecule has 3 heteroatoms. The minimum atomic E-state index is 0.517. The summed E-state index contributed by atoms with van der Waals surface area (Å²) in [7, 11) is 0. The lowest BCUT2D eigenvalue weighted by Crippen LogP contribution is -2.27. The minimum absolute atomic E-state index is 0.517. The second-order valence-corrected chi connectivity index (χ2v) is 6.69. The Bertz CT molecular complexity index is 576. The van der Waals surface area contributed by atoms with E-state index in [-0.39, 0.29) is 0 Å². The molecule has 0 spiro atoms. The summed E-state index contributed by atoms with van der Waals surface area (Å²) >= 11 is 1.77. The third kappa shape index (κ3) is 2.94. The summed E-state index contributed by atoms with van der Waals surface area (Å²) in [5, 5.41) is 7.10. The number of rotatable bonds is 4. The SMILES string of the molecule is Cc1csc(CCNC2CCC(C)c3ccccc32)n1. The Morgan fingerprint density at radius 2 is 2.05 bits per heavy atom. The van der Waals surface area contributed by atoms with Crippen LogP contribution in [-0.2, 0) is 6.42 Å². The second kappa shape index (κ2) is 6.06. The largest absolute Gasteiger partial charge is 0.310 e. The first kappa shape index (κ1) is 13.8.